The molecule has 9 nitrogen and oxygen atoms in total. The summed E-state index contributed by atoms with van der Waals surface area (Å²) >= 11 is 0. The molecular weight excluding hydrogens is 533 g/mol. The van der Waals surface area contributed by atoms with E-state index in [0.717, 1.165) is 12.8 Å². The molecule has 0 aromatic rings. The third-order valence-electron chi connectivity index (χ3n) is 6.61. The molecule has 0 heterocycles. The number of esters is 2. The number of phosphoric acid groups is 1. The number of hydrogen-bond acceptors (Lipinski definition) is 7. The molecule has 2 unspecified atom stereocenters. The molecule has 0 rings (SSSR count). The molecule has 0 radical (unpaired) electrons. The summed E-state index contributed by atoms with van der Waals surface area (Å²) < 4.78 is 33.4. The topological polar surface area (TPSA) is 108 Å². The van der Waals surface area contributed by atoms with E-state index in [1.807, 2.05) is 28.1 Å². The summed E-state index contributed by atoms with van der Waals surface area (Å²) in [6, 6.07) is 0. The Kier molecular flexibility index (Phi) is 24.0. The zero-order valence-electron chi connectivity index (χ0n) is 26.3. The van der Waals surface area contributed by atoms with Crippen molar-refractivity contribution in [3.05, 3.63) is 0 Å². The summed E-state index contributed by atoms with van der Waals surface area (Å²) in [7, 11) is 1.48. The molecule has 0 aliphatic rings. The van der Waals surface area contributed by atoms with Gasteiger partial charge in [0.25, 0.3) is 0 Å². The molecular formula is C30H61NO8P+. The minimum absolute atomic E-state index is 0.0341. The van der Waals surface area contributed by atoms with Crippen molar-refractivity contribution in [3.63, 3.8) is 0 Å². The van der Waals surface area contributed by atoms with Gasteiger partial charge in [0.15, 0.2) is 6.10 Å². The minimum atomic E-state index is -4.33. The van der Waals surface area contributed by atoms with Gasteiger partial charge in [-0.15, -0.1) is 0 Å². The highest BCUT2D eigenvalue weighted by Gasteiger charge is 2.26. The van der Waals surface area contributed by atoms with Crippen LogP contribution >= 0.6 is 7.82 Å². The maximum absolute atomic E-state index is 12.4. The maximum Gasteiger partial charge on any atom is 0.472 e. The number of phosphoric ester groups is 1. The predicted molar refractivity (Wildman–Crippen MR) is 160 cm³/mol. The lowest BCUT2D eigenvalue weighted by Gasteiger charge is -2.24. The van der Waals surface area contributed by atoms with E-state index in [1.165, 1.54) is 77.0 Å². The van der Waals surface area contributed by atoms with Crippen molar-refractivity contribution in [2.24, 2.45) is 0 Å². The Morgan fingerprint density at radius 1 is 0.675 bits per heavy atom. The SMILES string of the molecule is CCCCCCCCCCCCCCCCCC(=O)OC(COC(=O)CCC)COP(=O)(O)OCC[N+](C)(C)C. The van der Waals surface area contributed by atoms with Crippen LogP contribution < -0.4 is 0 Å². The number of quaternary nitrogens is 1. The number of unbranched alkanes of at least 4 members (excludes halogenated alkanes) is 14. The van der Waals surface area contributed by atoms with Gasteiger partial charge in [0.05, 0.1) is 27.7 Å². The van der Waals surface area contributed by atoms with Gasteiger partial charge in [-0.3, -0.25) is 18.6 Å². The first-order chi connectivity index (χ1) is 19.0. The minimum Gasteiger partial charge on any atom is -0.462 e. The van der Waals surface area contributed by atoms with Gasteiger partial charge in [-0.25, -0.2) is 4.57 Å². The van der Waals surface area contributed by atoms with Gasteiger partial charge in [-0.1, -0.05) is 104 Å². The molecule has 0 bridgehead atoms. The summed E-state index contributed by atoms with van der Waals surface area (Å²) in [6.45, 7) is 4.02. The quantitative estimate of drug-likeness (QED) is 0.0434. The second-order valence-corrected chi connectivity index (χ2v) is 13.3. The Hall–Kier alpha value is -0.990. The zero-order chi connectivity index (χ0) is 30.1. The highest BCUT2D eigenvalue weighted by atomic mass is 31.2. The van der Waals surface area contributed by atoms with Crippen LogP contribution in [-0.4, -0.2) is 74.9 Å². The van der Waals surface area contributed by atoms with E-state index in [0.29, 0.717) is 23.9 Å². The molecule has 10 heteroatoms. The zero-order valence-corrected chi connectivity index (χ0v) is 27.2. The van der Waals surface area contributed by atoms with Crippen LogP contribution in [0.3, 0.4) is 0 Å². The Labute approximate surface area is 244 Å². The number of nitrogens with zero attached hydrogens (tertiary/aromatic N) is 1. The van der Waals surface area contributed by atoms with Gasteiger partial charge >= 0.3 is 19.8 Å². The standard InChI is InChI=1S/C30H60NO8P/c1-6-8-9-10-11-12-13-14-15-16-17-18-19-20-21-23-30(33)39-28(26-36-29(32)22-7-2)27-38-40(34,35)37-25-24-31(3,4)5/h28H,6-27H2,1-5H3/p+1. The number of ether oxygens (including phenoxy) is 2. The van der Waals surface area contributed by atoms with Crippen molar-refractivity contribution in [2.75, 3.05) is 47.5 Å². The molecule has 0 saturated carbocycles. The molecule has 0 aromatic carbocycles. The van der Waals surface area contributed by atoms with Gasteiger partial charge in [0.1, 0.15) is 19.8 Å². The van der Waals surface area contributed by atoms with Crippen LogP contribution in [0.4, 0.5) is 0 Å². The van der Waals surface area contributed by atoms with Gasteiger partial charge in [0.2, 0.25) is 0 Å². The Balaban J connectivity index is 4.15. The number of likely N-dealkylation sites (N-methyl/N-ethyl adjacent to an activating group) is 1. The summed E-state index contributed by atoms with van der Waals surface area (Å²) in [5.74, 6) is -0.856. The normalized spacial score (nSPS) is 14.1. The van der Waals surface area contributed by atoms with Crippen molar-refractivity contribution in [1.29, 1.82) is 0 Å². The third kappa shape index (κ3) is 27.2. The second-order valence-electron chi connectivity index (χ2n) is 11.9. The van der Waals surface area contributed by atoms with Gasteiger partial charge in [0, 0.05) is 12.8 Å². The predicted octanol–water partition coefficient (Wildman–Crippen LogP) is 7.34. The third-order valence-corrected chi connectivity index (χ3v) is 7.59. The molecule has 238 valence electrons. The number of carbonyl (C=O) groups is 2. The van der Waals surface area contributed by atoms with Crippen molar-refractivity contribution in [1.82, 2.24) is 0 Å². The Bertz CT molecular complexity index is 683. The number of rotatable bonds is 28. The molecule has 0 aromatic heterocycles. The van der Waals surface area contributed by atoms with Crippen molar-refractivity contribution in [2.45, 2.75) is 136 Å². The van der Waals surface area contributed by atoms with E-state index < -0.39 is 32.5 Å². The first-order valence-corrected chi connectivity index (χ1v) is 17.3. The first kappa shape index (κ1) is 39.0. The van der Waals surface area contributed by atoms with E-state index in [2.05, 4.69) is 6.92 Å². The smallest absolute Gasteiger partial charge is 0.462 e. The van der Waals surface area contributed by atoms with E-state index in [-0.39, 0.29) is 26.1 Å². The second kappa shape index (κ2) is 24.6. The summed E-state index contributed by atoms with van der Waals surface area (Å²) in [5, 5.41) is 0. The average Bonchev–Trinajstić information content (AvgIpc) is 2.87. The van der Waals surface area contributed by atoms with Crippen LogP contribution in [0.15, 0.2) is 0 Å². The van der Waals surface area contributed by atoms with Crippen molar-refractivity contribution >= 4 is 19.8 Å². The molecule has 1 N–H and O–H groups in total. The van der Waals surface area contributed by atoms with Crippen molar-refractivity contribution in [3.8, 4) is 0 Å². The lowest BCUT2D eigenvalue weighted by atomic mass is 10.0. The Morgan fingerprint density at radius 2 is 1.18 bits per heavy atom. The summed E-state index contributed by atoms with van der Waals surface area (Å²) in [5.41, 5.74) is 0. The highest BCUT2D eigenvalue weighted by molar-refractivity contribution is 7.47. The van der Waals surface area contributed by atoms with Crippen LogP contribution in [0.1, 0.15) is 129 Å². The van der Waals surface area contributed by atoms with Crippen LogP contribution in [0.25, 0.3) is 0 Å². The monoisotopic (exact) mass is 594 g/mol. The van der Waals surface area contributed by atoms with Gasteiger partial charge in [-0.2, -0.15) is 0 Å². The molecule has 0 aliphatic carbocycles. The number of carbonyl (C=O) groups excluding carboxylic acids is 2. The van der Waals surface area contributed by atoms with Crippen LogP contribution in [0, 0.1) is 0 Å². The highest BCUT2D eigenvalue weighted by Crippen LogP contribution is 2.43. The maximum atomic E-state index is 12.4. The molecule has 0 fully saturated rings. The lowest BCUT2D eigenvalue weighted by molar-refractivity contribution is -0.870. The average molecular weight is 595 g/mol. The van der Waals surface area contributed by atoms with Crippen LogP contribution in [-0.2, 0) is 32.7 Å². The Morgan fingerprint density at radius 3 is 1.65 bits per heavy atom. The molecule has 0 saturated heterocycles. The van der Waals surface area contributed by atoms with E-state index in [1.54, 1.807) is 0 Å². The van der Waals surface area contributed by atoms with Gasteiger partial charge in [-0.05, 0) is 12.8 Å². The van der Waals surface area contributed by atoms with Crippen molar-refractivity contribution < 1.29 is 42.1 Å². The number of hydrogen-bond donors (Lipinski definition) is 1. The fourth-order valence-corrected chi connectivity index (χ4v) is 4.85. The molecule has 0 aliphatic heterocycles. The van der Waals surface area contributed by atoms with Gasteiger partial charge < -0.3 is 18.9 Å². The molecule has 40 heavy (non-hydrogen) atoms. The van der Waals surface area contributed by atoms with Crippen LogP contribution in [0.5, 0.6) is 0 Å². The van der Waals surface area contributed by atoms with E-state index >= 15 is 0 Å². The van der Waals surface area contributed by atoms with E-state index in [9.17, 15) is 19.0 Å². The molecule has 2 atom stereocenters. The molecule has 0 spiro atoms. The molecule has 0 amide bonds. The largest absolute Gasteiger partial charge is 0.472 e. The fourth-order valence-electron chi connectivity index (χ4n) is 4.11. The lowest BCUT2D eigenvalue weighted by Crippen LogP contribution is -2.37. The summed E-state index contributed by atoms with van der Waals surface area (Å²) in [4.78, 5) is 34.1. The first-order valence-electron chi connectivity index (χ1n) is 15.8. The van der Waals surface area contributed by atoms with Crippen LogP contribution in [0.2, 0.25) is 0 Å². The fraction of sp³-hybridized carbons (Fsp3) is 0.933. The van der Waals surface area contributed by atoms with E-state index in [4.69, 9.17) is 18.5 Å². The summed E-state index contributed by atoms with van der Waals surface area (Å²) in [6.07, 6.45) is 18.8.